The zero-order valence-corrected chi connectivity index (χ0v) is 15.9. The molecule has 4 rings (SSSR count). The van der Waals surface area contributed by atoms with Crippen LogP contribution >= 0.6 is 0 Å². The Morgan fingerprint density at radius 1 is 1.31 bits per heavy atom. The lowest BCUT2D eigenvalue weighted by atomic mass is 10.1. The smallest absolute Gasteiger partial charge is 0.291 e. The molecule has 0 aliphatic carbocycles. The van der Waals surface area contributed by atoms with Gasteiger partial charge in [0.05, 0.1) is 5.69 Å². The Bertz CT molecular complexity index is 1130. The molecule has 9 heteroatoms. The Labute approximate surface area is 165 Å². The van der Waals surface area contributed by atoms with Crippen LogP contribution in [0.5, 0.6) is 0 Å². The standard InChI is InChI=1S/C20H19F2N5O2/c1-10(2)15-4-3-5-16-24-18(26-27(15)16)20(29)23-14-7-6-11-8-12(21)9-13(22)17(11)25-19(14)28/h3-5,8-10,14H,6-7H2,1-2H3,(H,23,29)(H,25,28). The maximum absolute atomic E-state index is 14.0. The van der Waals surface area contributed by atoms with Crippen LogP contribution < -0.4 is 10.6 Å². The summed E-state index contributed by atoms with van der Waals surface area (Å²) >= 11 is 0. The quantitative estimate of drug-likeness (QED) is 0.709. The van der Waals surface area contributed by atoms with Crippen molar-refractivity contribution in [1.29, 1.82) is 0 Å². The molecule has 0 spiro atoms. The summed E-state index contributed by atoms with van der Waals surface area (Å²) in [5.41, 5.74) is 1.71. The molecule has 1 atom stereocenters. The average molecular weight is 399 g/mol. The van der Waals surface area contributed by atoms with E-state index in [0.29, 0.717) is 17.3 Å². The first-order valence-corrected chi connectivity index (χ1v) is 9.29. The highest BCUT2D eigenvalue weighted by molar-refractivity contribution is 6.00. The number of carbonyl (C=O) groups is 2. The first kappa shape index (κ1) is 19.0. The Balaban J connectivity index is 1.56. The Morgan fingerprint density at radius 3 is 2.86 bits per heavy atom. The SMILES string of the molecule is CC(C)c1cccc2nc(C(=O)NC3CCc4cc(F)cc(F)c4NC3=O)nn12. The van der Waals surface area contributed by atoms with Gasteiger partial charge in [-0.25, -0.2) is 18.3 Å². The van der Waals surface area contributed by atoms with Crippen molar-refractivity contribution >= 4 is 23.1 Å². The summed E-state index contributed by atoms with van der Waals surface area (Å²) in [6.45, 7) is 4.01. The topological polar surface area (TPSA) is 88.4 Å². The monoisotopic (exact) mass is 399 g/mol. The number of hydrogen-bond acceptors (Lipinski definition) is 4. The molecule has 1 aliphatic heterocycles. The van der Waals surface area contributed by atoms with Crippen molar-refractivity contribution in [2.75, 3.05) is 5.32 Å². The van der Waals surface area contributed by atoms with Gasteiger partial charge in [-0.05, 0) is 42.5 Å². The van der Waals surface area contributed by atoms with Crippen LogP contribution in [0.4, 0.5) is 14.5 Å². The molecule has 7 nitrogen and oxygen atoms in total. The van der Waals surface area contributed by atoms with Gasteiger partial charge in [0.25, 0.3) is 5.91 Å². The number of aromatic nitrogens is 3. The number of hydrogen-bond donors (Lipinski definition) is 2. The van der Waals surface area contributed by atoms with Gasteiger partial charge in [0.15, 0.2) is 5.65 Å². The molecule has 0 bridgehead atoms. The van der Waals surface area contributed by atoms with Crippen molar-refractivity contribution in [3.05, 3.63) is 59.0 Å². The van der Waals surface area contributed by atoms with E-state index in [1.165, 1.54) is 6.07 Å². The third-order valence-electron chi connectivity index (χ3n) is 4.89. The summed E-state index contributed by atoms with van der Waals surface area (Å²) < 4.78 is 29.1. The zero-order chi connectivity index (χ0) is 20.7. The molecule has 3 aromatic rings. The number of aryl methyl sites for hydroxylation is 1. The van der Waals surface area contributed by atoms with E-state index in [1.54, 1.807) is 10.6 Å². The molecular formula is C20H19F2N5O2. The second kappa shape index (κ2) is 7.23. The largest absolute Gasteiger partial charge is 0.337 e. The van der Waals surface area contributed by atoms with Gasteiger partial charge in [-0.1, -0.05) is 19.9 Å². The van der Waals surface area contributed by atoms with E-state index >= 15 is 0 Å². The van der Waals surface area contributed by atoms with Crippen molar-refractivity contribution in [3.8, 4) is 0 Å². The average Bonchev–Trinajstić information content (AvgIpc) is 3.04. The van der Waals surface area contributed by atoms with Crippen LogP contribution in [-0.2, 0) is 11.2 Å². The Kier molecular flexibility index (Phi) is 4.73. The minimum atomic E-state index is -0.923. The first-order valence-electron chi connectivity index (χ1n) is 9.29. The molecular weight excluding hydrogens is 380 g/mol. The Hall–Kier alpha value is -3.36. The van der Waals surface area contributed by atoms with E-state index in [0.717, 1.165) is 5.69 Å². The fourth-order valence-electron chi connectivity index (χ4n) is 3.42. The molecule has 2 amide bonds. The van der Waals surface area contributed by atoms with Gasteiger partial charge in [-0.2, -0.15) is 0 Å². The van der Waals surface area contributed by atoms with Gasteiger partial charge in [0.1, 0.15) is 17.7 Å². The summed E-state index contributed by atoms with van der Waals surface area (Å²) in [5, 5.41) is 9.30. The minimum Gasteiger partial charge on any atom is -0.337 e. The molecule has 3 heterocycles. The van der Waals surface area contributed by atoms with E-state index in [9.17, 15) is 18.4 Å². The van der Waals surface area contributed by atoms with Gasteiger partial charge in [-0.15, -0.1) is 5.10 Å². The second-order valence-electron chi connectivity index (χ2n) is 7.29. The van der Waals surface area contributed by atoms with Crippen molar-refractivity contribution in [2.45, 2.75) is 38.6 Å². The van der Waals surface area contributed by atoms with Crippen LogP contribution in [0.1, 0.15) is 48.1 Å². The van der Waals surface area contributed by atoms with Gasteiger partial charge in [0, 0.05) is 11.8 Å². The zero-order valence-electron chi connectivity index (χ0n) is 15.9. The number of anilines is 1. The highest BCUT2D eigenvalue weighted by Gasteiger charge is 2.28. The van der Waals surface area contributed by atoms with E-state index < -0.39 is 29.5 Å². The first-order chi connectivity index (χ1) is 13.8. The fraction of sp³-hybridized carbons (Fsp3) is 0.300. The minimum absolute atomic E-state index is 0.0550. The van der Waals surface area contributed by atoms with E-state index in [-0.39, 0.29) is 30.3 Å². The number of nitrogens with zero attached hydrogens (tertiary/aromatic N) is 3. The van der Waals surface area contributed by atoms with Gasteiger partial charge < -0.3 is 10.6 Å². The fourth-order valence-corrected chi connectivity index (χ4v) is 3.42. The van der Waals surface area contributed by atoms with Gasteiger partial charge in [-0.3, -0.25) is 9.59 Å². The molecule has 150 valence electrons. The number of nitrogens with one attached hydrogen (secondary N) is 2. The third-order valence-corrected chi connectivity index (χ3v) is 4.89. The number of amides is 2. The van der Waals surface area contributed by atoms with Crippen molar-refractivity contribution in [1.82, 2.24) is 19.9 Å². The van der Waals surface area contributed by atoms with E-state index in [2.05, 4.69) is 20.7 Å². The molecule has 1 unspecified atom stereocenters. The number of rotatable bonds is 3. The highest BCUT2D eigenvalue weighted by Crippen LogP contribution is 2.26. The van der Waals surface area contributed by atoms with Crippen molar-refractivity contribution < 1.29 is 18.4 Å². The maximum atomic E-state index is 14.0. The van der Waals surface area contributed by atoms with E-state index in [1.807, 2.05) is 26.0 Å². The predicted octanol–water partition coefficient (Wildman–Crippen LogP) is 2.81. The van der Waals surface area contributed by atoms with Crippen LogP contribution in [0.25, 0.3) is 5.65 Å². The number of halogens is 2. The van der Waals surface area contributed by atoms with Crippen molar-refractivity contribution in [3.63, 3.8) is 0 Å². The Morgan fingerprint density at radius 2 is 2.10 bits per heavy atom. The molecule has 0 saturated carbocycles. The summed E-state index contributed by atoms with van der Waals surface area (Å²) in [4.78, 5) is 29.3. The van der Waals surface area contributed by atoms with Gasteiger partial charge in [0.2, 0.25) is 11.7 Å². The lowest BCUT2D eigenvalue weighted by Gasteiger charge is -2.14. The molecule has 2 N–H and O–H groups in total. The van der Waals surface area contributed by atoms with Crippen LogP contribution in [0.2, 0.25) is 0 Å². The molecule has 29 heavy (non-hydrogen) atoms. The highest BCUT2D eigenvalue weighted by atomic mass is 19.1. The van der Waals surface area contributed by atoms with Crippen LogP contribution in [0.3, 0.4) is 0 Å². The van der Waals surface area contributed by atoms with E-state index in [4.69, 9.17) is 0 Å². The van der Waals surface area contributed by atoms with Crippen LogP contribution in [0, 0.1) is 11.6 Å². The molecule has 0 saturated heterocycles. The molecule has 2 aromatic heterocycles. The van der Waals surface area contributed by atoms with Crippen molar-refractivity contribution in [2.24, 2.45) is 0 Å². The number of pyridine rings is 1. The van der Waals surface area contributed by atoms with Crippen LogP contribution in [-0.4, -0.2) is 32.5 Å². The summed E-state index contributed by atoms with van der Waals surface area (Å²) in [5.74, 6) is -2.63. The molecule has 0 fully saturated rings. The van der Waals surface area contributed by atoms with Gasteiger partial charge >= 0.3 is 0 Å². The summed E-state index contributed by atoms with van der Waals surface area (Å²) in [6.07, 6.45) is 0.419. The predicted molar refractivity (Wildman–Crippen MR) is 102 cm³/mol. The normalized spacial score (nSPS) is 16.4. The second-order valence-corrected chi connectivity index (χ2v) is 7.29. The summed E-state index contributed by atoms with van der Waals surface area (Å²) in [6, 6.07) is 6.45. The summed E-state index contributed by atoms with van der Waals surface area (Å²) in [7, 11) is 0. The number of fused-ring (bicyclic) bond motifs is 2. The molecule has 0 radical (unpaired) electrons. The maximum Gasteiger partial charge on any atom is 0.291 e. The third kappa shape index (κ3) is 3.55. The lowest BCUT2D eigenvalue weighted by molar-refractivity contribution is -0.118. The molecule has 1 aromatic carbocycles. The van der Waals surface area contributed by atoms with Crippen LogP contribution in [0.15, 0.2) is 30.3 Å². The lowest BCUT2D eigenvalue weighted by Crippen LogP contribution is -2.43. The number of benzene rings is 1. The number of carbonyl (C=O) groups excluding carboxylic acids is 2. The molecule has 1 aliphatic rings.